The van der Waals surface area contributed by atoms with Crippen LogP contribution in [0.25, 0.3) is 0 Å². The Kier molecular flexibility index (Phi) is 4.65. The van der Waals surface area contributed by atoms with Crippen molar-refractivity contribution in [2.45, 2.75) is 12.1 Å². The lowest BCUT2D eigenvalue weighted by Crippen LogP contribution is -2.44. The summed E-state index contributed by atoms with van der Waals surface area (Å²) in [5, 5.41) is 5.55. The molecule has 0 aromatic heterocycles. The molecule has 3 aromatic rings. The second-order valence-corrected chi connectivity index (χ2v) is 6.59. The van der Waals surface area contributed by atoms with Crippen molar-refractivity contribution in [3.05, 3.63) is 96.1 Å². The third-order valence-electron chi connectivity index (χ3n) is 4.76. The first-order chi connectivity index (χ1) is 13.6. The first kappa shape index (κ1) is 17.9. The van der Waals surface area contributed by atoms with Crippen molar-refractivity contribution in [1.82, 2.24) is 0 Å². The third kappa shape index (κ3) is 3.16. The van der Waals surface area contributed by atoms with Crippen molar-refractivity contribution >= 4 is 17.3 Å². The number of para-hydroxylation sites is 1. The van der Waals surface area contributed by atoms with Crippen molar-refractivity contribution in [2.24, 2.45) is 5.10 Å². The molecule has 1 atom stereocenters. The SMILES string of the molecule is COc1ccc(CC2(F)C(=O)N(c3ccccc3)N=C2c2ccccc2)cc1. The first-order valence-corrected chi connectivity index (χ1v) is 8.98. The van der Waals surface area contributed by atoms with E-state index < -0.39 is 11.6 Å². The Balaban J connectivity index is 1.76. The summed E-state index contributed by atoms with van der Waals surface area (Å²) >= 11 is 0. The first-order valence-electron chi connectivity index (χ1n) is 8.98. The summed E-state index contributed by atoms with van der Waals surface area (Å²) in [5.41, 5.74) is -0.320. The maximum absolute atomic E-state index is 16.3. The summed E-state index contributed by atoms with van der Waals surface area (Å²) in [4.78, 5) is 13.2. The Bertz CT molecular complexity index is 1000. The predicted molar refractivity (Wildman–Crippen MR) is 107 cm³/mol. The molecule has 1 aliphatic rings. The number of ether oxygens (including phenoxy) is 1. The number of hydrazone groups is 1. The topological polar surface area (TPSA) is 41.9 Å². The van der Waals surface area contributed by atoms with E-state index in [9.17, 15) is 4.79 Å². The van der Waals surface area contributed by atoms with Gasteiger partial charge in [-0.1, -0.05) is 60.7 Å². The zero-order valence-corrected chi connectivity index (χ0v) is 15.4. The van der Waals surface area contributed by atoms with Crippen LogP contribution in [-0.4, -0.2) is 24.4 Å². The van der Waals surface area contributed by atoms with Crippen LogP contribution in [0.3, 0.4) is 0 Å². The number of benzene rings is 3. The maximum Gasteiger partial charge on any atom is 0.291 e. The molecule has 1 heterocycles. The number of methoxy groups -OCH3 is 1. The minimum atomic E-state index is -2.26. The van der Waals surface area contributed by atoms with Gasteiger partial charge in [0.2, 0.25) is 5.67 Å². The molecule has 1 unspecified atom stereocenters. The number of nitrogens with zero attached hydrogens (tertiary/aromatic N) is 2. The minimum absolute atomic E-state index is 0.104. The van der Waals surface area contributed by atoms with Gasteiger partial charge in [-0.25, -0.2) is 4.39 Å². The molecule has 1 aliphatic heterocycles. The maximum atomic E-state index is 16.3. The van der Waals surface area contributed by atoms with Crippen molar-refractivity contribution in [2.75, 3.05) is 12.1 Å². The number of hydrogen-bond acceptors (Lipinski definition) is 3. The molecule has 0 fully saturated rings. The van der Waals surface area contributed by atoms with Gasteiger partial charge in [-0.2, -0.15) is 10.1 Å². The number of hydrogen-bond donors (Lipinski definition) is 0. The average Bonchev–Trinajstić information content (AvgIpc) is 3.01. The number of anilines is 1. The highest BCUT2D eigenvalue weighted by Crippen LogP contribution is 2.35. The standard InChI is InChI=1S/C23H19FN2O2/c1-28-20-14-12-17(13-15-20)16-23(24)21(18-8-4-2-5-9-18)25-26(22(23)27)19-10-6-3-7-11-19/h2-15H,16H2,1H3. The molecular formula is C23H19FN2O2. The lowest BCUT2D eigenvalue weighted by atomic mass is 9.87. The van der Waals surface area contributed by atoms with Gasteiger partial charge in [0.15, 0.2) is 0 Å². The molecule has 4 rings (SSSR count). The van der Waals surface area contributed by atoms with Gasteiger partial charge in [0, 0.05) is 12.0 Å². The summed E-state index contributed by atoms with van der Waals surface area (Å²) in [6.45, 7) is 0. The van der Waals surface area contributed by atoms with Crippen LogP contribution in [0.1, 0.15) is 11.1 Å². The lowest BCUT2D eigenvalue weighted by Gasteiger charge is -2.21. The van der Waals surface area contributed by atoms with Gasteiger partial charge in [-0.15, -0.1) is 0 Å². The summed E-state index contributed by atoms with van der Waals surface area (Å²) in [6, 6.07) is 24.9. The van der Waals surface area contributed by atoms with E-state index in [4.69, 9.17) is 4.74 Å². The molecular weight excluding hydrogens is 355 g/mol. The van der Waals surface area contributed by atoms with Crippen LogP contribution >= 0.6 is 0 Å². The van der Waals surface area contributed by atoms with E-state index in [1.54, 1.807) is 79.9 Å². The van der Waals surface area contributed by atoms with Crippen molar-refractivity contribution in [3.8, 4) is 5.75 Å². The van der Waals surface area contributed by atoms with Crippen molar-refractivity contribution in [1.29, 1.82) is 0 Å². The Hall–Kier alpha value is -3.47. The molecule has 0 radical (unpaired) electrons. The molecule has 0 N–H and O–H groups in total. The van der Waals surface area contributed by atoms with E-state index in [2.05, 4.69) is 5.10 Å². The van der Waals surface area contributed by atoms with E-state index in [1.807, 2.05) is 12.1 Å². The normalized spacial score (nSPS) is 18.9. The van der Waals surface area contributed by atoms with Crippen LogP contribution in [0.2, 0.25) is 0 Å². The fourth-order valence-corrected chi connectivity index (χ4v) is 3.30. The van der Waals surface area contributed by atoms with Crippen LogP contribution in [0.15, 0.2) is 90.0 Å². The van der Waals surface area contributed by atoms with Crippen LogP contribution in [0.5, 0.6) is 5.75 Å². The van der Waals surface area contributed by atoms with Gasteiger partial charge < -0.3 is 4.74 Å². The molecule has 4 nitrogen and oxygen atoms in total. The fraction of sp³-hybridized carbons (Fsp3) is 0.130. The highest BCUT2D eigenvalue weighted by molar-refractivity contribution is 6.27. The van der Waals surface area contributed by atoms with Gasteiger partial charge in [0.25, 0.3) is 5.91 Å². The number of rotatable bonds is 5. The molecule has 0 saturated carbocycles. The fourth-order valence-electron chi connectivity index (χ4n) is 3.30. The summed E-state index contributed by atoms with van der Waals surface area (Å²) in [5.74, 6) is -0.00867. The number of carbonyl (C=O) groups is 1. The van der Waals surface area contributed by atoms with Crippen LogP contribution < -0.4 is 9.75 Å². The summed E-state index contributed by atoms with van der Waals surface area (Å²) in [7, 11) is 1.57. The quantitative estimate of drug-likeness (QED) is 0.664. The van der Waals surface area contributed by atoms with Gasteiger partial charge in [-0.05, 0) is 29.8 Å². The number of amides is 1. The lowest BCUT2D eigenvalue weighted by molar-refractivity contribution is -0.125. The van der Waals surface area contributed by atoms with Gasteiger partial charge in [-0.3, -0.25) is 4.79 Å². The van der Waals surface area contributed by atoms with E-state index in [-0.39, 0.29) is 12.1 Å². The molecule has 140 valence electrons. The smallest absolute Gasteiger partial charge is 0.291 e. The zero-order chi connectivity index (χ0) is 19.6. The molecule has 1 amide bonds. The second kappa shape index (κ2) is 7.27. The van der Waals surface area contributed by atoms with Gasteiger partial charge >= 0.3 is 0 Å². The van der Waals surface area contributed by atoms with E-state index in [1.165, 1.54) is 0 Å². The van der Waals surface area contributed by atoms with Crippen LogP contribution in [0.4, 0.5) is 10.1 Å². The van der Waals surface area contributed by atoms with E-state index in [0.717, 1.165) is 5.01 Å². The minimum Gasteiger partial charge on any atom is -0.497 e. The Morgan fingerprint density at radius 1 is 0.929 bits per heavy atom. The number of halogens is 1. The summed E-state index contributed by atoms with van der Waals surface area (Å²) < 4.78 is 21.5. The predicted octanol–water partition coefficient (Wildman–Crippen LogP) is 4.40. The Morgan fingerprint density at radius 3 is 2.14 bits per heavy atom. The Morgan fingerprint density at radius 2 is 1.54 bits per heavy atom. The molecule has 0 spiro atoms. The van der Waals surface area contributed by atoms with Crippen molar-refractivity contribution in [3.63, 3.8) is 0 Å². The highest BCUT2D eigenvalue weighted by Gasteiger charge is 2.52. The molecule has 5 heteroatoms. The van der Waals surface area contributed by atoms with Gasteiger partial charge in [0.1, 0.15) is 11.5 Å². The third-order valence-corrected chi connectivity index (χ3v) is 4.76. The zero-order valence-electron chi connectivity index (χ0n) is 15.4. The van der Waals surface area contributed by atoms with E-state index >= 15 is 4.39 Å². The largest absolute Gasteiger partial charge is 0.497 e. The molecule has 0 saturated heterocycles. The molecule has 3 aromatic carbocycles. The highest BCUT2D eigenvalue weighted by atomic mass is 19.1. The molecule has 0 bridgehead atoms. The Labute approximate surface area is 162 Å². The summed E-state index contributed by atoms with van der Waals surface area (Å²) in [6.07, 6.45) is -0.104. The van der Waals surface area contributed by atoms with Gasteiger partial charge in [0.05, 0.1) is 12.8 Å². The monoisotopic (exact) mass is 374 g/mol. The van der Waals surface area contributed by atoms with E-state index in [0.29, 0.717) is 22.6 Å². The average molecular weight is 374 g/mol. The molecule has 0 aliphatic carbocycles. The second-order valence-electron chi connectivity index (χ2n) is 6.59. The number of alkyl halides is 1. The number of carbonyl (C=O) groups excluding carboxylic acids is 1. The van der Waals surface area contributed by atoms with Crippen LogP contribution in [-0.2, 0) is 11.2 Å². The molecule has 28 heavy (non-hydrogen) atoms. The van der Waals surface area contributed by atoms with Crippen molar-refractivity contribution < 1.29 is 13.9 Å². The van der Waals surface area contributed by atoms with Crippen LogP contribution in [0, 0.1) is 0 Å².